The predicted molar refractivity (Wildman–Crippen MR) is 113 cm³/mol. The minimum Gasteiger partial charge on any atom is -0.481 e. The maximum Gasteiger partial charge on any atom is 0.326 e. The number of carbonyl (C=O) groups is 3. The summed E-state index contributed by atoms with van der Waals surface area (Å²) in [4.78, 5) is 54.2. The highest BCUT2D eigenvalue weighted by Gasteiger charge is 2.24. The number of carbonyl (C=O) groups excluding carboxylic acids is 1. The quantitative estimate of drug-likeness (QED) is 0.320. The van der Waals surface area contributed by atoms with Crippen LogP contribution in [0.1, 0.15) is 39.4 Å². The summed E-state index contributed by atoms with van der Waals surface area (Å²) in [7, 11) is 0. The van der Waals surface area contributed by atoms with Crippen molar-refractivity contribution in [1.82, 2.24) is 15.3 Å². The number of rotatable bonds is 9. The molecule has 1 aliphatic rings. The van der Waals surface area contributed by atoms with Crippen molar-refractivity contribution in [1.29, 1.82) is 0 Å². The fraction of sp³-hybridized carbons (Fsp3) is 0.421. The first-order chi connectivity index (χ1) is 14.7. The molecule has 0 bridgehead atoms. The first kappa shape index (κ1) is 22.3. The number of thiophene rings is 1. The molecule has 166 valence electrons. The first-order valence-electron chi connectivity index (χ1n) is 9.69. The molecule has 1 amide bonds. The number of aliphatic carboxylic acids is 2. The molecular formula is C19H23N5O6S. The summed E-state index contributed by atoms with van der Waals surface area (Å²) >= 11 is 1.26. The number of hydrogen-bond acceptors (Lipinski definition) is 8. The van der Waals surface area contributed by atoms with Crippen LogP contribution in [0.25, 0.3) is 0 Å². The Labute approximate surface area is 180 Å². The van der Waals surface area contributed by atoms with Crippen molar-refractivity contribution in [2.24, 2.45) is 5.92 Å². The molecular weight excluding hydrogens is 426 g/mol. The molecule has 0 saturated carbocycles. The lowest BCUT2D eigenvalue weighted by Crippen LogP contribution is -2.40. The fourth-order valence-electron chi connectivity index (χ4n) is 3.40. The summed E-state index contributed by atoms with van der Waals surface area (Å²) in [5.74, 6) is -2.04. The van der Waals surface area contributed by atoms with Crippen LogP contribution in [0.15, 0.2) is 16.9 Å². The zero-order chi connectivity index (χ0) is 22.5. The number of nitrogen functional groups attached to an aromatic ring is 1. The lowest BCUT2D eigenvalue weighted by atomic mass is 9.92. The predicted octanol–water partition coefficient (Wildman–Crippen LogP) is 0.678. The summed E-state index contributed by atoms with van der Waals surface area (Å²) in [6.07, 6.45) is 1.52. The van der Waals surface area contributed by atoms with Crippen LogP contribution >= 0.6 is 11.3 Å². The van der Waals surface area contributed by atoms with Gasteiger partial charge in [-0.05, 0) is 43.7 Å². The highest BCUT2D eigenvalue weighted by molar-refractivity contribution is 7.14. The third-order valence-corrected chi connectivity index (χ3v) is 6.17. The molecule has 12 heteroatoms. The van der Waals surface area contributed by atoms with Gasteiger partial charge < -0.3 is 31.6 Å². The van der Waals surface area contributed by atoms with Crippen LogP contribution in [0, 0.1) is 5.92 Å². The van der Waals surface area contributed by atoms with E-state index in [1.54, 1.807) is 6.07 Å². The van der Waals surface area contributed by atoms with Crippen LogP contribution in [0.5, 0.6) is 0 Å². The minimum atomic E-state index is -1.28. The number of aryl methyl sites for hydroxylation is 1. The van der Waals surface area contributed by atoms with Gasteiger partial charge in [-0.1, -0.05) is 0 Å². The molecule has 3 rings (SSSR count). The Morgan fingerprint density at radius 3 is 2.81 bits per heavy atom. The van der Waals surface area contributed by atoms with Crippen LogP contribution in [-0.2, 0) is 22.4 Å². The van der Waals surface area contributed by atoms with E-state index in [-0.39, 0.29) is 30.3 Å². The van der Waals surface area contributed by atoms with Crippen molar-refractivity contribution in [2.45, 2.75) is 38.1 Å². The third kappa shape index (κ3) is 5.81. The van der Waals surface area contributed by atoms with E-state index >= 15 is 0 Å². The molecule has 2 aromatic heterocycles. The Kier molecular flexibility index (Phi) is 6.90. The van der Waals surface area contributed by atoms with E-state index in [0.29, 0.717) is 35.6 Å². The van der Waals surface area contributed by atoms with Crippen LogP contribution in [0.2, 0.25) is 0 Å². The van der Waals surface area contributed by atoms with E-state index in [0.717, 1.165) is 11.3 Å². The van der Waals surface area contributed by atoms with Crippen molar-refractivity contribution in [3.8, 4) is 0 Å². The van der Waals surface area contributed by atoms with Gasteiger partial charge in [0, 0.05) is 17.8 Å². The van der Waals surface area contributed by atoms with Gasteiger partial charge in [0.25, 0.3) is 11.5 Å². The van der Waals surface area contributed by atoms with E-state index in [1.807, 2.05) is 6.07 Å². The van der Waals surface area contributed by atoms with Gasteiger partial charge in [-0.15, -0.1) is 11.3 Å². The van der Waals surface area contributed by atoms with Crippen LogP contribution in [0.3, 0.4) is 0 Å². The van der Waals surface area contributed by atoms with Gasteiger partial charge in [-0.3, -0.25) is 14.4 Å². The highest BCUT2D eigenvalue weighted by atomic mass is 32.1. The number of nitrogens with one attached hydrogen (secondary N) is 3. The molecule has 0 spiro atoms. The van der Waals surface area contributed by atoms with Crippen LogP contribution in [0.4, 0.5) is 11.8 Å². The lowest BCUT2D eigenvalue weighted by molar-refractivity contribution is -0.140. The minimum absolute atomic E-state index is 0.0761. The number of aromatic amines is 1. The van der Waals surface area contributed by atoms with Gasteiger partial charge in [0.1, 0.15) is 11.9 Å². The third-order valence-electron chi connectivity index (χ3n) is 5.03. The number of nitrogens with zero attached hydrogens (tertiary/aromatic N) is 1. The summed E-state index contributed by atoms with van der Waals surface area (Å²) in [6, 6.07) is 2.17. The lowest BCUT2D eigenvalue weighted by Gasteiger charge is -2.25. The fourth-order valence-corrected chi connectivity index (χ4v) is 4.33. The second kappa shape index (κ2) is 9.60. The molecule has 0 fully saturated rings. The largest absolute Gasteiger partial charge is 0.481 e. The summed E-state index contributed by atoms with van der Waals surface area (Å²) in [5.41, 5.74) is 5.80. The highest BCUT2D eigenvalue weighted by Crippen LogP contribution is 2.25. The zero-order valence-electron chi connectivity index (χ0n) is 16.5. The Balaban J connectivity index is 1.55. The summed E-state index contributed by atoms with van der Waals surface area (Å²) < 4.78 is 0. The van der Waals surface area contributed by atoms with E-state index in [1.165, 1.54) is 11.3 Å². The molecule has 3 heterocycles. The maximum atomic E-state index is 12.3. The van der Waals surface area contributed by atoms with Crippen molar-refractivity contribution in [3.63, 3.8) is 0 Å². The number of carboxylic acids is 2. The van der Waals surface area contributed by atoms with E-state index in [4.69, 9.17) is 10.8 Å². The van der Waals surface area contributed by atoms with Gasteiger partial charge in [0.15, 0.2) is 0 Å². The van der Waals surface area contributed by atoms with E-state index in [2.05, 4.69) is 20.6 Å². The van der Waals surface area contributed by atoms with Crippen molar-refractivity contribution in [2.75, 3.05) is 17.6 Å². The molecule has 7 N–H and O–H groups in total. The average Bonchev–Trinajstić information content (AvgIpc) is 3.18. The Hall–Kier alpha value is -3.41. The molecule has 0 aliphatic carbocycles. The molecule has 11 nitrogen and oxygen atoms in total. The molecule has 0 saturated heterocycles. The summed E-state index contributed by atoms with van der Waals surface area (Å²) in [6.45, 7) is 0.676. The number of carboxylic acid groups (broad SMARTS) is 2. The van der Waals surface area contributed by atoms with Gasteiger partial charge in [0.05, 0.1) is 10.4 Å². The van der Waals surface area contributed by atoms with Crippen molar-refractivity contribution < 1.29 is 24.6 Å². The molecule has 2 aromatic rings. The van der Waals surface area contributed by atoms with Gasteiger partial charge in [-0.2, -0.15) is 4.98 Å². The van der Waals surface area contributed by atoms with Crippen LogP contribution in [-0.4, -0.2) is 50.6 Å². The molecule has 0 aromatic carbocycles. The number of H-pyrrole nitrogens is 1. The summed E-state index contributed by atoms with van der Waals surface area (Å²) in [5, 5.41) is 23.4. The second-order valence-electron chi connectivity index (χ2n) is 7.33. The molecule has 0 radical (unpaired) electrons. The Morgan fingerprint density at radius 1 is 1.32 bits per heavy atom. The van der Waals surface area contributed by atoms with Crippen molar-refractivity contribution in [3.05, 3.63) is 37.8 Å². The monoisotopic (exact) mass is 449 g/mol. The normalized spacial score (nSPS) is 16.1. The Bertz CT molecular complexity index is 1050. The van der Waals surface area contributed by atoms with Gasteiger partial charge >= 0.3 is 11.9 Å². The topological polar surface area (TPSA) is 187 Å². The number of anilines is 2. The molecule has 31 heavy (non-hydrogen) atoms. The smallest absolute Gasteiger partial charge is 0.326 e. The first-order valence-corrected chi connectivity index (χ1v) is 10.5. The number of hydrogen-bond donors (Lipinski definition) is 6. The average molecular weight is 449 g/mol. The Morgan fingerprint density at radius 2 is 2.10 bits per heavy atom. The van der Waals surface area contributed by atoms with Gasteiger partial charge in [-0.25, -0.2) is 4.79 Å². The number of amides is 1. The standard InChI is InChI=1S/C19H23N5O6S/c20-19-23-15-11(16(27)24-19)7-9(8-21-15)1-2-10-3-5-13(31-10)17(28)22-12(18(29)30)4-6-14(25)26/h3,5,9,12H,1-2,4,6-8H2,(H,22,28)(H,25,26)(H,29,30)(H4,20,21,23,24,27)/t9?,12-/m1/s1. The maximum absolute atomic E-state index is 12.3. The van der Waals surface area contributed by atoms with Gasteiger partial charge in [0.2, 0.25) is 5.95 Å². The number of fused-ring (bicyclic) bond motifs is 1. The molecule has 1 aliphatic heterocycles. The van der Waals surface area contributed by atoms with Crippen LogP contribution < -0.4 is 21.9 Å². The SMILES string of the molecule is Nc1nc(=O)c2c([nH]1)NCC(CCc1ccc(C(=O)N[C@H](CCC(=O)O)C(=O)O)s1)C2. The van der Waals surface area contributed by atoms with Crippen molar-refractivity contribution >= 4 is 40.9 Å². The number of aromatic nitrogens is 2. The zero-order valence-corrected chi connectivity index (χ0v) is 17.3. The molecule has 2 atom stereocenters. The number of nitrogens with two attached hydrogens (primary N) is 1. The second-order valence-corrected chi connectivity index (χ2v) is 8.50. The molecule has 1 unspecified atom stereocenters. The van der Waals surface area contributed by atoms with E-state index in [9.17, 15) is 24.3 Å². The van der Waals surface area contributed by atoms with E-state index < -0.39 is 23.9 Å².